The van der Waals surface area contributed by atoms with Gasteiger partial charge in [-0.2, -0.15) is 0 Å². The van der Waals surface area contributed by atoms with Crippen LogP contribution in [-0.4, -0.2) is 42.5 Å². The van der Waals surface area contributed by atoms with E-state index >= 15 is 0 Å². The van der Waals surface area contributed by atoms with Crippen molar-refractivity contribution in [1.82, 2.24) is 4.90 Å². The van der Waals surface area contributed by atoms with Crippen molar-refractivity contribution < 1.29 is 9.53 Å². The highest BCUT2D eigenvalue weighted by molar-refractivity contribution is 5.99. The molecule has 104 valence electrons. The van der Waals surface area contributed by atoms with Gasteiger partial charge in [0.05, 0.1) is 18.8 Å². The second-order valence-corrected chi connectivity index (χ2v) is 5.69. The molecule has 0 N–H and O–H groups in total. The monoisotopic (exact) mass is 261 g/mol. The smallest absolute Gasteiger partial charge is 0.177 e. The molecule has 1 aliphatic heterocycles. The van der Waals surface area contributed by atoms with E-state index in [0.717, 1.165) is 24.2 Å². The Balaban J connectivity index is 2.04. The number of ketones is 1. The van der Waals surface area contributed by atoms with Crippen LogP contribution in [0.4, 0.5) is 0 Å². The number of benzene rings is 1. The molecule has 0 aromatic heterocycles. The minimum absolute atomic E-state index is 0.204. The predicted molar refractivity (Wildman–Crippen MR) is 76.7 cm³/mol. The zero-order chi connectivity index (χ0) is 14.0. The number of carbonyl (C=O) groups is 1. The van der Waals surface area contributed by atoms with Gasteiger partial charge in [-0.25, -0.2) is 0 Å². The van der Waals surface area contributed by atoms with E-state index in [-0.39, 0.29) is 18.0 Å². The molecule has 0 amide bonds. The minimum Gasteiger partial charge on any atom is -0.373 e. The van der Waals surface area contributed by atoms with E-state index in [1.165, 1.54) is 5.56 Å². The summed E-state index contributed by atoms with van der Waals surface area (Å²) in [6.45, 7) is 10.3. The Hall–Kier alpha value is -1.19. The molecule has 1 saturated heterocycles. The van der Waals surface area contributed by atoms with E-state index in [4.69, 9.17) is 4.74 Å². The lowest BCUT2D eigenvalue weighted by molar-refractivity contribution is -0.0652. The molecule has 0 bridgehead atoms. The lowest BCUT2D eigenvalue weighted by atomic mass is 10.0. The lowest BCUT2D eigenvalue weighted by Gasteiger charge is -2.34. The van der Waals surface area contributed by atoms with Crippen LogP contribution in [0.25, 0.3) is 0 Å². The molecule has 2 rings (SSSR count). The molecule has 0 radical (unpaired) electrons. The molecule has 2 unspecified atom stereocenters. The fourth-order valence-corrected chi connectivity index (χ4v) is 2.83. The standard InChI is InChI=1S/C16H23NO2/c1-11-5-6-15(12(2)7-11)16(18)10-17-8-13(3)19-14(4)9-17/h5-7,13-14H,8-10H2,1-4H3. The lowest BCUT2D eigenvalue weighted by Crippen LogP contribution is -2.47. The van der Waals surface area contributed by atoms with E-state index in [1.807, 2.05) is 26.0 Å². The van der Waals surface area contributed by atoms with Gasteiger partial charge in [-0.3, -0.25) is 9.69 Å². The summed E-state index contributed by atoms with van der Waals surface area (Å²) in [5.74, 6) is 0.207. The highest BCUT2D eigenvalue weighted by atomic mass is 16.5. The van der Waals surface area contributed by atoms with Crippen LogP contribution in [-0.2, 0) is 4.74 Å². The molecule has 1 fully saturated rings. The summed E-state index contributed by atoms with van der Waals surface area (Å²) >= 11 is 0. The van der Waals surface area contributed by atoms with Crippen molar-refractivity contribution in [2.45, 2.75) is 39.9 Å². The van der Waals surface area contributed by atoms with Gasteiger partial charge < -0.3 is 4.74 Å². The van der Waals surface area contributed by atoms with Crippen molar-refractivity contribution in [3.8, 4) is 0 Å². The van der Waals surface area contributed by atoms with Gasteiger partial charge in [0, 0.05) is 18.7 Å². The van der Waals surface area contributed by atoms with E-state index < -0.39 is 0 Å². The molecular weight excluding hydrogens is 238 g/mol. The Morgan fingerprint density at radius 3 is 2.47 bits per heavy atom. The van der Waals surface area contributed by atoms with Gasteiger partial charge in [0.25, 0.3) is 0 Å². The van der Waals surface area contributed by atoms with E-state index in [2.05, 4.69) is 24.8 Å². The number of morpholine rings is 1. The molecule has 3 heteroatoms. The largest absolute Gasteiger partial charge is 0.373 e. The second-order valence-electron chi connectivity index (χ2n) is 5.69. The number of hydrogen-bond donors (Lipinski definition) is 0. The summed E-state index contributed by atoms with van der Waals surface area (Å²) in [6.07, 6.45) is 0.409. The van der Waals surface area contributed by atoms with Crippen molar-refractivity contribution in [1.29, 1.82) is 0 Å². The summed E-state index contributed by atoms with van der Waals surface area (Å²) in [7, 11) is 0. The number of Topliss-reactive ketones (excluding diaryl/α,β-unsaturated/α-hetero) is 1. The molecular formula is C16H23NO2. The average molecular weight is 261 g/mol. The second kappa shape index (κ2) is 5.85. The van der Waals surface area contributed by atoms with Crippen molar-refractivity contribution >= 4 is 5.78 Å². The first-order valence-corrected chi connectivity index (χ1v) is 6.94. The van der Waals surface area contributed by atoms with Crippen LogP contribution >= 0.6 is 0 Å². The van der Waals surface area contributed by atoms with E-state index in [0.29, 0.717) is 6.54 Å². The number of hydrogen-bond acceptors (Lipinski definition) is 3. The van der Waals surface area contributed by atoms with Gasteiger partial charge in [-0.15, -0.1) is 0 Å². The van der Waals surface area contributed by atoms with Crippen LogP contribution in [0, 0.1) is 13.8 Å². The predicted octanol–water partition coefficient (Wildman–Crippen LogP) is 2.60. The van der Waals surface area contributed by atoms with Gasteiger partial charge in [-0.1, -0.05) is 23.8 Å². The molecule has 3 nitrogen and oxygen atoms in total. The third-order valence-electron chi connectivity index (χ3n) is 3.54. The molecule has 1 aromatic rings. The van der Waals surface area contributed by atoms with Crippen molar-refractivity contribution in [2.24, 2.45) is 0 Å². The Morgan fingerprint density at radius 2 is 1.89 bits per heavy atom. The van der Waals surface area contributed by atoms with Crippen LogP contribution in [0.3, 0.4) is 0 Å². The highest BCUT2D eigenvalue weighted by Gasteiger charge is 2.24. The first kappa shape index (κ1) is 14.2. The molecule has 0 spiro atoms. The first-order chi connectivity index (χ1) is 8.95. The number of ether oxygens (including phenoxy) is 1. The van der Waals surface area contributed by atoms with Crippen molar-refractivity contribution in [2.75, 3.05) is 19.6 Å². The number of nitrogens with zero attached hydrogens (tertiary/aromatic N) is 1. The van der Waals surface area contributed by atoms with Gasteiger partial charge in [0.15, 0.2) is 5.78 Å². The summed E-state index contributed by atoms with van der Waals surface area (Å²) in [5, 5.41) is 0. The maximum Gasteiger partial charge on any atom is 0.177 e. The Labute approximate surface area is 115 Å². The van der Waals surface area contributed by atoms with Gasteiger partial charge >= 0.3 is 0 Å². The van der Waals surface area contributed by atoms with Crippen LogP contribution in [0.2, 0.25) is 0 Å². The van der Waals surface area contributed by atoms with Crippen LogP contribution in [0.5, 0.6) is 0 Å². The molecule has 1 aromatic carbocycles. The molecule has 1 heterocycles. The maximum absolute atomic E-state index is 12.4. The topological polar surface area (TPSA) is 29.5 Å². The van der Waals surface area contributed by atoms with E-state index in [9.17, 15) is 4.79 Å². The highest BCUT2D eigenvalue weighted by Crippen LogP contribution is 2.14. The van der Waals surface area contributed by atoms with Crippen LogP contribution in [0.1, 0.15) is 35.3 Å². The normalized spacial score (nSPS) is 24.4. The third kappa shape index (κ3) is 3.64. The summed E-state index contributed by atoms with van der Waals surface area (Å²) in [6, 6.07) is 6.02. The van der Waals surface area contributed by atoms with E-state index in [1.54, 1.807) is 0 Å². The molecule has 0 aliphatic carbocycles. The maximum atomic E-state index is 12.4. The molecule has 0 saturated carbocycles. The summed E-state index contributed by atoms with van der Waals surface area (Å²) in [5.41, 5.74) is 3.11. The number of aryl methyl sites for hydroxylation is 2. The van der Waals surface area contributed by atoms with Gasteiger partial charge in [0.1, 0.15) is 0 Å². The van der Waals surface area contributed by atoms with Crippen molar-refractivity contribution in [3.63, 3.8) is 0 Å². The molecule has 19 heavy (non-hydrogen) atoms. The fraction of sp³-hybridized carbons (Fsp3) is 0.562. The molecule has 1 aliphatic rings. The quantitative estimate of drug-likeness (QED) is 0.783. The first-order valence-electron chi connectivity index (χ1n) is 6.94. The Kier molecular flexibility index (Phi) is 4.38. The SMILES string of the molecule is Cc1ccc(C(=O)CN2CC(C)OC(C)C2)c(C)c1. The number of rotatable bonds is 3. The van der Waals surface area contributed by atoms with Crippen LogP contribution in [0.15, 0.2) is 18.2 Å². The zero-order valence-electron chi connectivity index (χ0n) is 12.3. The van der Waals surface area contributed by atoms with Gasteiger partial charge in [-0.05, 0) is 33.3 Å². The fourth-order valence-electron chi connectivity index (χ4n) is 2.83. The third-order valence-corrected chi connectivity index (χ3v) is 3.54. The Morgan fingerprint density at radius 1 is 1.26 bits per heavy atom. The number of carbonyl (C=O) groups excluding carboxylic acids is 1. The summed E-state index contributed by atoms with van der Waals surface area (Å²) < 4.78 is 5.69. The average Bonchev–Trinajstić information content (AvgIpc) is 2.26. The minimum atomic E-state index is 0.204. The summed E-state index contributed by atoms with van der Waals surface area (Å²) in [4.78, 5) is 14.6. The van der Waals surface area contributed by atoms with Crippen molar-refractivity contribution in [3.05, 3.63) is 34.9 Å². The van der Waals surface area contributed by atoms with Crippen LogP contribution < -0.4 is 0 Å². The Bertz CT molecular complexity index is 460. The van der Waals surface area contributed by atoms with Gasteiger partial charge in [0.2, 0.25) is 0 Å². The molecule has 2 atom stereocenters. The zero-order valence-corrected chi connectivity index (χ0v) is 12.3.